The second-order valence-electron chi connectivity index (χ2n) is 14.8. The van der Waals surface area contributed by atoms with Crippen molar-refractivity contribution < 1.29 is 31.4 Å². The van der Waals surface area contributed by atoms with Gasteiger partial charge in [0.05, 0.1) is 22.4 Å². The Labute approximate surface area is 310 Å². The molecule has 0 atom stereocenters. The minimum Gasteiger partial charge on any atom is -0.501 e. The van der Waals surface area contributed by atoms with Gasteiger partial charge in [0.2, 0.25) is 0 Å². The van der Waals surface area contributed by atoms with Gasteiger partial charge in [-0.2, -0.15) is 0 Å². The predicted molar refractivity (Wildman–Crippen MR) is 200 cm³/mol. The van der Waals surface area contributed by atoms with Crippen LogP contribution in [0.5, 0.6) is 0 Å². The van der Waals surface area contributed by atoms with Crippen LogP contribution < -0.4 is 0 Å². The molecule has 49 heavy (non-hydrogen) atoms. The van der Waals surface area contributed by atoms with Crippen LogP contribution in [-0.4, -0.2) is 14.5 Å². The fraction of sp³-hybridized carbons (Fsp3) is 0.273. The molecule has 0 saturated carbocycles. The van der Waals surface area contributed by atoms with Crippen molar-refractivity contribution in [2.24, 2.45) is 10.8 Å². The van der Waals surface area contributed by atoms with E-state index in [4.69, 9.17) is 16.3 Å². The molecule has 4 aromatic carbocycles. The maximum absolute atomic E-state index is 8.56. The molecule has 0 N–H and O–H groups in total. The average molecular weight is 827 g/mol. The van der Waals surface area contributed by atoms with Gasteiger partial charge in [0.25, 0.3) is 0 Å². The Hall–Kier alpha value is -4.31. The Balaban J connectivity index is 0.000000187. The van der Waals surface area contributed by atoms with E-state index in [0.717, 1.165) is 40.6 Å². The summed E-state index contributed by atoms with van der Waals surface area (Å²) in [5.41, 5.74) is 8.79. The third-order valence-electron chi connectivity index (χ3n) is 8.19. The first-order chi connectivity index (χ1) is 24.9. The number of nitrogens with zero attached hydrogens (tertiary/aromatic N) is 3. The molecule has 1 aliphatic rings. The van der Waals surface area contributed by atoms with E-state index in [1.165, 1.54) is 16.7 Å². The molecule has 0 bridgehead atoms. The zero-order valence-electron chi connectivity index (χ0n) is 33.7. The molecule has 0 fully saturated rings. The Morgan fingerprint density at radius 3 is 2.51 bits per heavy atom. The molecule has 3 aromatic heterocycles. The van der Waals surface area contributed by atoms with Gasteiger partial charge in [0.15, 0.2) is 0 Å². The fourth-order valence-electron chi connectivity index (χ4n) is 6.49. The molecule has 0 amide bonds. The number of aromatic nitrogens is 3. The van der Waals surface area contributed by atoms with Crippen LogP contribution >= 0.6 is 0 Å². The molecule has 0 spiro atoms. The molecule has 251 valence electrons. The molecule has 0 unspecified atom stereocenters. The number of rotatable bonds is 4. The number of benzene rings is 4. The van der Waals surface area contributed by atoms with Crippen LogP contribution in [0.4, 0.5) is 0 Å². The van der Waals surface area contributed by atoms with Crippen molar-refractivity contribution in [1.29, 1.82) is 0 Å². The first-order valence-corrected chi connectivity index (χ1v) is 16.4. The summed E-state index contributed by atoms with van der Waals surface area (Å²) in [4.78, 5) is 9.32. The van der Waals surface area contributed by atoms with Crippen LogP contribution in [0, 0.1) is 29.8 Å². The monoisotopic (exact) mass is 827 g/mol. The summed E-state index contributed by atoms with van der Waals surface area (Å²) in [5.74, 6) is 1.02. The third kappa shape index (κ3) is 7.49. The molecule has 0 aliphatic carbocycles. The molecule has 5 heteroatoms. The van der Waals surface area contributed by atoms with E-state index in [9.17, 15) is 0 Å². The SMILES string of the molecule is CC(C)(C)CC1=Cc2cccc3nc(-c4[c-]cccc4)n(c23)C1.[2H]C([2H])([2H])c1ccc2c(c1)oc1c(-c3cc(C([2H])([2H])C(C)(C)C)ccn3)[c-]ccc12.[Ir]. The van der Waals surface area contributed by atoms with Gasteiger partial charge in [0.1, 0.15) is 5.58 Å². The van der Waals surface area contributed by atoms with Crippen LogP contribution in [0.15, 0.2) is 101 Å². The third-order valence-corrected chi connectivity index (χ3v) is 8.19. The zero-order chi connectivity index (χ0) is 37.9. The van der Waals surface area contributed by atoms with E-state index in [2.05, 4.69) is 72.8 Å². The second-order valence-corrected chi connectivity index (χ2v) is 14.8. The Morgan fingerprint density at radius 2 is 1.76 bits per heavy atom. The first-order valence-electron chi connectivity index (χ1n) is 18.9. The Kier molecular flexibility index (Phi) is 7.88. The van der Waals surface area contributed by atoms with Crippen molar-refractivity contribution in [3.05, 3.63) is 126 Å². The maximum atomic E-state index is 8.56. The van der Waals surface area contributed by atoms with E-state index in [-0.39, 0.29) is 31.1 Å². The van der Waals surface area contributed by atoms with Crippen molar-refractivity contribution in [1.82, 2.24) is 14.5 Å². The molecular formula is C44H43IrN3O-2. The molecule has 7 aromatic rings. The van der Waals surface area contributed by atoms with E-state index >= 15 is 0 Å². The smallest absolute Gasteiger partial charge is 0.121 e. The van der Waals surface area contributed by atoms with Crippen LogP contribution in [0.2, 0.25) is 0 Å². The van der Waals surface area contributed by atoms with Gasteiger partial charge in [-0.1, -0.05) is 100 Å². The summed E-state index contributed by atoms with van der Waals surface area (Å²) in [6.07, 6.45) is 3.49. The molecule has 4 heterocycles. The predicted octanol–water partition coefficient (Wildman–Crippen LogP) is 11.7. The van der Waals surface area contributed by atoms with Gasteiger partial charge < -0.3 is 14.0 Å². The van der Waals surface area contributed by atoms with Gasteiger partial charge in [0, 0.05) is 45.1 Å². The first kappa shape index (κ1) is 28.5. The molecule has 8 rings (SSSR count). The summed E-state index contributed by atoms with van der Waals surface area (Å²) in [5, 5.41) is 1.65. The number of allylic oxidation sites excluding steroid dienone is 1. The summed E-state index contributed by atoms with van der Waals surface area (Å²) < 4.78 is 48.4. The van der Waals surface area contributed by atoms with Gasteiger partial charge >= 0.3 is 0 Å². The van der Waals surface area contributed by atoms with Crippen molar-refractivity contribution in [2.45, 2.75) is 67.7 Å². The van der Waals surface area contributed by atoms with Crippen molar-refractivity contribution in [2.75, 3.05) is 0 Å². The van der Waals surface area contributed by atoms with Gasteiger partial charge in [-0.15, -0.1) is 54.1 Å². The molecule has 1 radical (unpaired) electrons. The summed E-state index contributed by atoms with van der Waals surface area (Å²) in [7, 11) is 0. The normalized spacial score (nSPS) is 14.9. The van der Waals surface area contributed by atoms with Crippen LogP contribution in [-0.2, 0) is 33.0 Å². The van der Waals surface area contributed by atoms with Crippen molar-refractivity contribution in [3.63, 3.8) is 0 Å². The number of pyridine rings is 1. The summed E-state index contributed by atoms with van der Waals surface area (Å²) in [6, 6.07) is 33.0. The van der Waals surface area contributed by atoms with Crippen LogP contribution in [0.1, 0.15) is 71.5 Å². The Bertz CT molecular complexity index is 2500. The zero-order valence-corrected chi connectivity index (χ0v) is 31.1. The van der Waals surface area contributed by atoms with Gasteiger partial charge in [-0.25, -0.2) is 0 Å². The number of imidazole rings is 1. The fourth-order valence-corrected chi connectivity index (χ4v) is 6.49. The van der Waals surface area contributed by atoms with Gasteiger partial charge in [-0.05, 0) is 65.5 Å². The maximum Gasteiger partial charge on any atom is 0.121 e. The van der Waals surface area contributed by atoms with Crippen LogP contribution in [0.3, 0.4) is 0 Å². The number of aryl methyl sites for hydroxylation is 1. The van der Waals surface area contributed by atoms with E-state index in [0.29, 0.717) is 28.0 Å². The average Bonchev–Trinajstić information content (AvgIpc) is 3.66. The largest absolute Gasteiger partial charge is 0.501 e. The molecular weight excluding hydrogens is 779 g/mol. The number of hydrogen-bond acceptors (Lipinski definition) is 3. The van der Waals surface area contributed by atoms with E-state index in [1.54, 1.807) is 42.6 Å². The van der Waals surface area contributed by atoms with E-state index in [1.807, 2.05) is 45.0 Å². The van der Waals surface area contributed by atoms with E-state index < -0.39 is 18.6 Å². The molecule has 1 aliphatic heterocycles. The Morgan fingerprint density at radius 1 is 0.898 bits per heavy atom. The summed E-state index contributed by atoms with van der Waals surface area (Å²) in [6.45, 7) is 11.2. The number of hydrogen-bond donors (Lipinski definition) is 0. The summed E-state index contributed by atoms with van der Waals surface area (Å²) >= 11 is 0. The molecule has 4 nitrogen and oxygen atoms in total. The standard InChI is InChI=1S/C23H22NO.C21H21N2.Ir/c1-15-8-9-17-18-6-5-7-19(22(18)25-21(17)12-15)20-13-16(10-11-24-20)14-23(2,3)4;1-21(2,3)13-15-12-17-10-7-11-18-19(17)23(14-15)20(22-18)16-8-5-4-6-9-16;/h5-6,8-13H,14H2,1-4H3;4-8,10-12H,13-14H2,1-3H3;/q2*-1;/i1D3,14D2;;. The number of furan rings is 1. The van der Waals surface area contributed by atoms with Crippen LogP contribution in [0.25, 0.3) is 61.7 Å². The van der Waals surface area contributed by atoms with Gasteiger partial charge in [-0.3, -0.25) is 4.98 Å². The van der Waals surface area contributed by atoms with Crippen molar-refractivity contribution in [3.8, 4) is 22.6 Å². The minimum absolute atomic E-state index is 0. The number of para-hydroxylation sites is 1. The topological polar surface area (TPSA) is 43.9 Å². The van der Waals surface area contributed by atoms with Crippen molar-refractivity contribution >= 4 is 39.0 Å². The second kappa shape index (κ2) is 13.5. The number of fused-ring (bicyclic) bond motifs is 3. The minimum atomic E-state index is -2.21. The molecule has 0 saturated heterocycles. The quantitative estimate of drug-likeness (QED) is 0.166.